The summed E-state index contributed by atoms with van der Waals surface area (Å²) >= 11 is 0. The zero-order chi connectivity index (χ0) is 18.9. The Labute approximate surface area is 159 Å². The molecule has 1 saturated heterocycles. The first-order valence-corrected chi connectivity index (χ1v) is 9.42. The van der Waals surface area contributed by atoms with Crippen LogP contribution in [0.1, 0.15) is 27.9 Å². The Morgan fingerprint density at radius 1 is 1.15 bits per heavy atom. The van der Waals surface area contributed by atoms with E-state index >= 15 is 0 Å². The average Bonchev–Trinajstić information content (AvgIpc) is 2.69. The molecular weight excluding hydrogens is 340 g/mol. The third kappa shape index (κ3) is 3.29. The highest BCUT2D eigenvalue weighted by atomic mass is 16.5. The first-order valence-electron chi connectivity index (χ1n) is 9.42. The predicted molar refractivity (Wildman–Crippen MR) is 103 cm³/mol. The maximum absolute atomic E-state index is 12.9. The van der Waals surface area contributed by atoms with Gasteiger partial charge in [0.25, 0.3) is 5.91 Å². The van der Waals surface area contributed by atoms with Gasteiger partial charge in [0.05, 0.1) is 12.0 Å². The maximum Gasteiger partial charge on any atom is 0.253 e. The van der Waals surface area contributed by atoms with E-state index in [1.54, 1.807) is 11.9 Å². The SMILES string of the molecule is CNC(=O)C1(Cc2ccccc2)CN(C(=O)c2ccc3c(c2)CCCO3)C1. The topological polar surface area (TPSA) is 58.6 Å². The van der Waals surface area contributed by atoms with Gasteiger partial charge in [0.2, 0.25) is 5.91 Å². The highest BCUT2D eigenvalue weighted by Crippen LogP contribution is 2.36. The monoisotopic (exact) mass is 364 g/mol. The summed E-state index contributed by atoms with van der Waals surface area (Å²) in [6.45, 7) is 1.61. The van der Waals surface area contributed by atoms with E-state index in [0.29, 0.717) is 25.1 Å². The Balaban J connectivity index is 1.50. The minimum absolute atomic E-state index is 0.00533. The molecule has 0 saturated carbocycles. The number of fused-ring (bicyclic) bond motifs is 1. The molecule has 2 aliphatic heterocycles. The highest BCUT2D eigenvalue weighted by Gasteiger charge is 2.50. The van der Waals surface area contributed by atoms with Crippen molar-refractivity contribution in [3.63, 3.8) is 0 Å². The van der Waals surface area contributed by atoms with E-state index in [1.165, 1.54) is 0 Å². The first-order chi connectivity index (χ1) is 13.1. The van der Waals surface area contributed by atoms with Crippen LogP contribution in [0.15, 0.2) is 48.5 Å². The lowest BCUT2D eigenvalue weighted by Crippen LogP contribution is -2.65. The quantitative estimate of drug-likeness (QED) is 0.907. The normalized spacial score (nSPS) is 17.3. The number of rotatable bonds is 4. The lowest BCUT2D eigenvalue weighted by molar-refractivity contribution is -0.138. The van der Waals surface area contributed by atoms with E-state index in [-0.39, 0.29) is 11.8 Å². The standard InChI is InChI=1S/C22H24N2O3/c1-23-21(26)22(13-16-6-3-2-4-7-16)14-24(15-22)20(25)18-9-10-19-17(12-18)8-5-11-27-19/h2-4,6-7,9-10,12H,5,8,11,13-15H2,1H3,(H,23,26). The second-order valence-electron chi connectivity index (χ2n) is 7.46. The summed E-state index contributed by atoms with van der Waals surface area (Å²) in [6, 6.07) is 15.6. The molecule has 2 aromatic carbocycles. The Kier molecular flexibility index (Phi) is 4.60. The van der Waals surface area contributed by atoms with Crippen molar-refractivity contribution in [2.24, 2.45) is 5.41 Å². The van der Waals surface area contributed by atoms with Crippen molar-refractivity contribution >= 4 is 11.8 Å². The first kappa shape index (κ1) is 17.6. The predicted octanol–water partition coefficient (Wildman–Crippen LogP) is 2.44. The van der Waals surface area contributed by atoms with E-state index in [9.17, 15) is 9.59 Å². The number of nitrogens with zero attached hydrogens (tertiary/aromatic N) is 1. The van der Waals surface area contributed by atoms with Crippen LogP contribution < -0.4 is 10.1 Å². The molecule has 4 rings (SSSR count). The molecule has 0 radical (unpaired) electrons. The smallest absolute Gasteiger partial charge is 0.253 e. The largest absolute Gasteiger partial charge is 0.493 e. The number of carbonyl (C=O) groups excluding carboxylic acids is 2. The van der Waals surface area contributed by atoms with Crippen LogP contribution >= 0.6 is 0 Å². The molecule has 1 fully saturated rings. The van der Waals surface area contributed by atoms with Gasteiger partial charge in [0, 0.05) is 25.7 Å². The summed E-state index contributed by atoms with van der Waals surface area (Å²) in [5.41, 5.74) is 2.32. The number of benzene rings is 2. The van der Waals surface area contributed by atoms with Crippen LogP contribution in [0.5, 0.6) is 5.75 Å². The molecule has 0 aromatic heterocycles. The van der Waals surface area contributed by atoms with Gasteiger partial charge in [-0.05, 0) is 48.6 Å². The van der Waals surface area contributed by atoms with Gasteiger partial charge in [-0.2, -0.15) is 0 Å². The van der Waals surface area contributed by atoms with Gasteiger partial charge in [-0.3, -0.25) is 9.59 Å². The molecule has 1 N–H and O–H groups in total. The molecule has 140 valence electrons. The average molecular weight is 364 g/mol. The van der Waals surface area contributed by atoms with Crippen molar-refractivity contribution in [1.82, 2.24) is 10.2 Å². The zero-order valence-corrected chi connectivity index (χ0v) is 15.5. The third-order valence-corrected chi connectivity index (χ3v) is 5.52. The van der Waals surface area contributed by atoms with E-state index in [1.807, 2.05) is 48.5 Å². The number of ether oxygens (including phenoxy) is 1. The van der Waals surface area contributed by atoms with Crippen LogP contribution in [0.2, 0.25) is 0 Å². The number of amides is 2. The molecule has 0 bridgehead atoms. The maximum atomic E-state index is 12.9. The van der Waals surface area contributed by atoms with Crippen molar-refractivity contribution in [3.05, 3.63) is 65.2 Å². The Hall–Kier alpha value is -2.82. The second kappa shape index (κ2) is 7.06. The lowest BCUT2D eigenvalue weighted by Gasteiger charge is -2.48. The van der Waals surface area contributed by atoms with Crippen molar-refractivity contribution in [2.75, 3.05) is 26.7 Å². The van der Waals surface area contributed by atoms with Crippen molar-refractivity contribution in [1.29, 1.82) is 0 Å². The number of hydrogen-bond donors (Lipinski definition) is 1. The van der Waals surface area contributed by atoms with Crippen LogP contribution in [0.25, 0.3) is 0 Å². The van der Waals surface area contributed by atoms with Gasteiger partial charge in [0.1, 0.15) is 5.75 Å². The summed E-state index contributed by atoms with van der Waals surface area (Å²) in [7, 11) is 1.66. The van der Waals surface area contributed by atoms with E-state index < -0.39 is 5.41 Å². The molecule has 5 nitrogen and oxygen atoms in total. The number of hydrogen-bond acceptors (Lipinski definition) is 3. The van der Waals surface area contributed by atoms with Crippen LogP contribution in [-0.2, 0) is 17.6 Å². The third-order valence-electron chi connectivity index (χ3n) is 5.52. The Bertz CT molecular complexity index is 857. The van der Waals surface area contributed by atoms with Crippen LogP contribution in [0.4, 0.5) is 0 Å². The molecule has 0 aliphatic carbocycles. The van der Waals surface area contributed by atoms with E-state index in [2.05, 4.69) is 5.32 Å². The van der Waals surface area contributed by atoms with Gasteiger partial charge in [-0.15, -0.1) is 0 Å². The van der Waals surface area contributed by atoms with Crippen LogP contribution in [-0.4, -0.2) is 43.5 Å². The van der Waals surface area contributed by atoms with Crippen molar-refractivity contribution < 1.29 is 14.3 Å². The molecule has 2 aromatic rings. The minimum atomic E-state index is -0.552. The highest BCUT2D eigenvalue weighted by molar-refractivity contribution is 5.97. The van der Waals surface area contributed by atoms with Gasteiger partial charge in [-0.25, -0.2) is 0 Å². The Morgan fingerprint density at radius 2 is 1.93 bits per heavy atom. The summed E-state index contributed by atoms with van der Waals surface area (Å²) in [5, 5.41) is 2.77. The fourth-order valence-corrected chi connectivity index (χ4v) is 4.09. The van der Waals surface area contributed by atoms with Crippen LogP contribution in [0.3, 0.4) is 0 Å². The lowest BCUT2D eigenvalue weighted by atomic mass is 9.73. The summed E-state index contributed by atoms with van der Waals surface area (Å²) in [4.78, 5) is 27.2. The summed E-state index contributed by atoms with van der Waals surface area (Å²) < 4.78 is 5.63. The molecule has 5 heteroatoms. The molecular formula is C22H24N2O3. The fourth-order valence-electron chi connectivity index (χ4n) is 4.09. The van der Waals surface area contributed by atoms with Gasteiger partial charge >= 0.3 is 0 Å². The van der Waals surface area contributed by atoms with Gasteiger partial charge < -0.3 is 15.0 Å². The Morgan fingerprint density at radius 3 is 2.67 bits per heavy atom. The van der Waals surface area contributed by atoms with Gasteiger partial charge in [-0.1, -0.05) is 30.3 Å². The summed E-state index contributed by atoms with van der Waals surface area (Å²) in [6.07, 6.45) is 2.55. The van der Waals surface area contributed by atoms with Gasteiger partial charge in [0.15, 0.2) is 0 Å². The number of carbonyl (C=O) groups is 2. The minimum Gasteiger partial charge on any atom is -0.493 e. The summed E-state index contributed by atoms with van der Waals surface area (Å²) in [5.74, 6) is 0.857. The van der Waals surface area contributed by atoms with E-state index in [0.717, 1.165) is 36.3 Å². The molecule has 2 aliphatic rings. The molecule has 0 atom stereocenters. The molecule has 27 heavy (non-hydrogen) atoms. The van der Waals surface area contributed by atoms with Crippen LogP contribution in [0, 0.1) is 5.41 Å². The van der Waals surface area contributed by atoms with E-state index in [4.69, 9.17) is 4.74 Å². The van der Waals surface area contributed by atoms with Crippen molar-refractivity contribution in [3.8, 4) is 5.75 Å². The molecule has 0 unspecified atom stereocenters. The number of aryl methyl sites for hydroxylation is 1. The zero-order valence-electron chi connectivity index (χ0n) is 15.5. The fraction of sp³-hybridized carbons (Fsp3) is 0.364. The molecule has 0 spiro atoms. The molecule has 2 amide bonds. The van der Waals surface area contributed by atoms with Crippen molar-refractivity contribution in [2.45, 2.75) is 19.3 Å². The number of nitrogens with one attached hydrogen (secondary N) is 1. The number of likely N-dealkylation sites (tertiary alicyclic amines) is 1. The second-order valence-corrected chi connectivity index (χ2v) is 7.46. The molecule has 2 heterocycles.